The zero-order valence-corrected chi connectivity index (χ0v) is 21.9. The third kappa shape index (κ3) is 14.7. The van der Waals surface area contributed by atoms with Gasteiger partial charge in [-0.05, 0) is 40.3 Å². The predicted octanol–water partition coefficient (Wildman–Crippen LogP) is -2.26. The number of likely N-dealkylation sites (N-methyl/N-ethyl adjacent to an activating group) is 1. The molecule has 214 valence electrons. The lowest BCUT2D eigenvalue weighted by molar-refractivity contribution is -0.147. The summed E-state index contributed by atoms with van der Waals surface area (Å²) < 4.78 is 4.95. The van der Waals surface area contributed by atoms with E-state index in [2.05, 4.69) is 16.0 Å². The summed E-state index contributed by atoms with van der Waals surface area (Å²) in [5.41, 5.74) is 5.29. The molecule has 0 saturated carbocycles. The smallest absolute Gasteiger partial charge is 0.328 e. The second-order valence-electron chi connectivity index (χ2n) is 8.60. The number of ether oxygens (including phenoxy) is 1. The summed E-state index contributed by atoms with van der Waals surface area (Å²) in [7, 11) is 3.32. The van der Waals surface area contributed by atoms with Crippen molar-refractivity contribution in [3.63, 3.8) is 0 Å². The zero-order valence-electron chi connectivity index (χ0n) is 21.9. The summed E-state index contributed by atoms with van der Waals surface area (Å²) >= 11 is 0. The second kappa shape index (κ2) is 18.5. The van der Waals surface area contributed by atoms with E-state index in [0.29, 0.717) is 6.21 Å². The Morgan fingerprint density at radius 3 is 2.00 bits per heavy atom. The Morgan fingerprint density at radius 2 is 1.47 bits per heavy atom. The van der Waals surface area contributed by atoms with Gasteiger partial charge in [-0.25, -0.2) is 9.59 Å². The maximum absolute atomic E-state index is 12.8. The Morgan fingerprint density at radius 1 is 0.895 bits per heavy atom. The fourth-order valence-electron chi connectivity index (χ4n) is 3.13. The number of Topliss-reactive ketones (excluding diaryl/α,β-unsaturated/α-hetero) is 2. The number of aliphatic carboxylic acids is 1. The summed E-state index contributed by atoms with van der Waals surface area (Å²) in [5, 5.41) is 23.4. The highest BCUT2D eigenvalue weighted by molar-refractivity contribution is 6.26. The van der Waals surface area contributed by atoms with Crippen LogP contribution in [0, 0.1) is 5.41 Å². The molecule has 0 aliphatic rings. The third-order valence-corrected chi connectivity index (χ3v) is 5.07. The molecule has 15 heteroatoms. The molecular formula is C23H38N6O9. The van der Waals surface area contributed by atoms with Crippen LogP contribution in [-0.4, -0.2) is 109 Å². The lowest BCUT2D eigenvalue weighted by atomic mass is 10.0. The monoisotopic (exact) mass is 542 g/mol. The van der Waals surface area contributed by atoms with Gasteiger partial charge in [0.25, 0.3) is 0 Å². The number of amides is 3. The molecule has 0 radical (unpaired) electrons. The summed E-state index contributed by atoms with van der Waals surface area (Å²) in [6.45, 7) is 1.34. The molecule has 3 atom stereocenters. The molecule has 0 heterocycles. The van der Waals surface area contributed by atoms with Gasteiger partial charge in [-0.3, -0.25) is 24.0 Å². The van der Waals surface area contributed by atoms with Crippen molar-refractivity contribution in [3.05, 3.63) is 0 Å². The molecule has 3 amide bonds. The molecule has 0 bridgehead atoms. The van der Waals surface area contributed by atoms with Gasteiger partial charge in [0.2, 0.25) is 17.7 Å². The van der Waals surface area contributed by atoms with Crippen LogP contribution in [-0.2, 0) is 38.3 Å². The molecule has 3 unspecified atom stereocenters. The normalized spacial score (nSPS) is 13.0. The Kier molecular flexibility index (Phi) is 16.7. The predicted molar refractivity (Wildman–Crippen MR) is 134 cm³/mol. The highest BCUT2D eigenvalue weighted by Gasteiger charge is 2.28. The molecule has 0 spiro atoms. The van der Waals surface area contributed by atoms with Crippen LogP contribution in [0.2, 0.25) is 0 Å². The summed E-state index contributed by atoms with van der Waals surface area (Å²) in [6.07, 6.45) is -0.858. The van der Waals surface area contributed by atoms with Crippen LogP contribution in [0.4, 0.5) is 0 Å². The molecule has 0 aromatic carbocycles. The molecule has 0 rings (SSSR count). The number of carbonyl (C=O) groups is 7. The van der Waals surface area contributed by atoms with Gasteiger partial charge >= 0.3 is 11.9 Å². The minimum atomic E-state index is -1.48. The van der Waals surface area contributed by atoms with Crippen LogP contribution in [0.3, 0.4) is 0 Å². The summed E-state index contributed by atoms with van der Waals surface area (Å²) in [4.78, 5) is 85.9. The fraction of sp³-hybridized carbons (Fsp3) is 0.652. The SMILES string of the molecule is CCOC(=O)C(CCC(=O)NC(CCC(=O)CN)C(=O)NC(CCC(=O)C=N)C(=O)O)NC(=O)CN(C)C. The molecule has 0 aliphatic carbocycles. The van der Waals surface area contributed by atoms with E-state index in [-0.39, 0.29) is 58.2 Å². The lowest BCUT2D eigenvalue weighted by Gasteiger charge is -2.22. The number of esters is 1. The number of nitrogens with one attached hydrogen (secondary N) is 4. The molecule has 0 fully saturated rings. The molecule has 15 nitrogen and oxygen atoms in total. The van der Waals surface area contributed by atoms with E-state index in [1.807, 2.05) is 0 Å². The van der Waals surface area contributed by atoms with E-state index >= 15 is 0 Å². The van der Waals surface area contributed by atoms with Crippen LogP contribution < -0.4 is 21.7 Å². The van der Waals surface area contributed by atoms with E-state index in [1.54, 1.807) is 25.9 Å². The van der Waals surface area contributed by atoms with Crippen LogP contribution in [0.1, 0.15) is 45.4 Å². The Hall–Kier alpha value is -3.72. The number of rotatable bonds is 20. The largest absolute Gasteiger partial charge is 0.480 e. The minimum Gasteiger partial charge on any atom is -0.480 e. The highest BCUT2D eigenvalue weighted by atomic mass is 16.5. The molecule has 7 N–H and O–H groups in total. The molecule has 0 aromatic rings. The molecule has 38 heavy (non-hydrogen) atoms. The van der Waals surface area contributed by atoms with Gasteiger partial charge in [-0.2, -0.15) is 0 Å². The Labute approximate surface area is 220 Å². The standard InChI is InChI=1S/C23H38N6O9/c1-4-38-23(37)18(27-20(33)13-29(2)3)9-10-19(32)26-16(7-5-14(30)11-24)21(34)28-17(22(35)36)8-6-15(31)12-25/h12,16-18,25H,4-11,13,24H2,1-3H3,(H,26,32)(H,27,33)(H,28,34)(H,35,36). The van der Waals surface area contributed by atoms with Crippen molar-refractivity contribution in [3.8, 4) is 0 Å². The van der Waals surface area contributed by atoms with Gasteiger partial charge in [-0.1, -0.05) is 0 Å². The second-order valence-corrected chi connectivity index (χ2v) is 8.60. The first-order chi connectivity index (χ1) is 17.8. The number of carboxylic acids is 1. The first-order valence-corrected chi connectivity index (χ1v) is 12.0. The zero-order chi connectivity index (χ0) is 29.3. The molecule has 0 saturated heterocycles. The van der Waals surface area contributed by atoms with Crippen LogP contribution >= 0.6 is 0 Å². The average Bonchev–Trinajstić information content (AvgIpc) is 2.85. The number of nitrogens with two attached hydrogens (primary N) is 1. The maximum Gasteiger partial charge on any atom is 0.328 e. The fourth-order valence-corrected chi connectivity index (χ4v) is 3.13. The van der Waals surface area contributed by atoms with Crippen molar-refractivity contribution in [2.75, 3.05) is 33.8 Å². The van der Waals surface area contributed by atoms with Crippen molar-refractivity contribution < 1.29 is 43.4 Å². The van der Waals surface area contributed by atoms with Crippen molar-refractivity contribution in [1.29, 1.82) is 5.41 Å². The van der Waals surface area contributed by atoms with Crippen LogP contribution in [0.5, 0.6) is 0 Å². The van der Waals surface area contributed by atoms with Gasteiger partial charge in [-0.15, -0.1) is 0 Å². The molecule has 0 aromatic heterocycles. The summed E-state index contributed by atoms with van der Waals surface area (Å²) in [6, 6.07) is -3.92. The number of nitrogens with zero attached hydrogens (tertiary/aromatic N) is 1. The van der Waals surface area contributed by atoms with E-state index in [0.717, 1.165) is 0 Å². The number of carbonyl (C=O) groups excluding carboxylic acids is 6. The van der Waals surface area contributed by atoms with Crippen LogP contribution in [0.15, 0.2) is 0 Å². The Balaban J connectivity index is 5.40. The van der Waals surface area contributed by atoms with Gasteiger partial charge in [0.15, 0.2) is 5.78 Å². The lowest BCUT2D eigenvalue weighted by Crippen LogP contribution is -2.52. The average molecular weight is 543 g/mol. The highest BCUT2D eigenvalue weighted by Crippen LogP contribution is 2.06. The Bertz CT molecular complexity index is 877. The van der Waals surface area contributed by atoms with Crippen molar-refractivity contribution in [2.45, 2.75) is 63.6 Å². The quantitative estimate of drug-likeness (QED) is 0.0708. The van der Waals surface area contributed by atoms with Gasteiger partial charge in [0.1, 0.15) is 23.9 Å². The number of carboxylic acid groups (broad SMARTS) is 1. The van der Waals surface area contributed by atoms with Crippen LogP contribution in [0.25, 0.3) is 0 Å². The third-order valence-electron chi connectivity index (χ3n) is 5.07. The summed E-state index contributed by atoms with van der Waals surface area (Å²) in [5.74, 6) is -5.25. The van der Waals surface area contributed by atoms with Gasteiger partial charge < -0.3 is 41.8 Å². The van der Waals surface area contributed by atoms with Crippen molar-refractivity contribution in [2.24, 2.45) is 5.73 Å². The van der Waals surface area contributed by atoms with E-state index in [9.17, 15) is 38.7 Å². The minimum absolute atomic E-state index is 0.00428. The number of ketones is 2. The number of hydrogen-bond donors (Lipinski definition) is 6. The van der Waals surface area contributed by atoms with E-state index in [1.165, 1.54) is 0 Å². The first kappa shape index (κ1) is 34.3. The molecule has 0 aliphatic heterocycles. The van der Waals surface area contributed by atoms with E-state index in [4.69, 9.17) is 15.9 Å². The topological polar surface area (TPSA) is 238 Å². The molecular weight excluding hydrogens is 504 g/mol. The van der Waals surface area contributed by atoms with E-state index < -0.39 is 59.4 Å². The van der Waals surface area contributed by atoms with Crippen molar-refractivity contribution in [1.82, 2.24) is 20.9 Å². The maximum atomic E-state index is 12.8. The van der Waals surface area contributed by atoms with Gasteiger partial charge in [0, 0.05) is 19.3 Å². The van der Waals surface area contributed by atoms with Gasteiger partial charge in [0.05, 0.1) is 25.9 Å². The van der Waals surface area contributed by atoms with Crippen molar-refractivity contribution >= 4 is 47.4 Å². The number of hydrogen-bond acceptors (Lipinski definition) is 11. The first-order valence-electron chi connectivity index (χ1n) is 12.0.